The fourth-order valence-corrected chi connectivity index (χ4v) is 1.88. The summed E-state index contributed by atoms with van der Waals surface area (Å²) < 4.78 is 27.2. The molecular weight excluding hydrogens is 208 g/mol. The standard InChI is InChI=1S/C13H13F2N/c1-9-6-7-12(13(14,15)8-16)11-5-3-2-4-10(9)11/h2-7H,8,16H2,1H3. The highest BCUT2D eigenvalue weighted by Gasteiger charge is 2.31. The van der Waals surface area contributed by atoms with Gasteiger partial charge in [0.15, 0.2) is 0 Å². The van der Waals surface area contributed by atoms with Gasteiger partial charge in [-0.2, -0.15) is 8.78 Å². The summed E-state index contributed by atoms with van der Waals surface area (Å²) in [6, 6.07) is 10.3. The highest BCUT2D eigenvalue weighted by Crippen LogP contribution is 2.33. The van der Waals surface area contributed by atoms with E-state index in [-0.39, 0.29) is 5.56 Å². The minimum Gasteiger partial charge on any atom is -0.325 e. The van der Waals surface area contributed by atoms with Gasteiger partial charge in [0.25, 0.3) is 5.92 Å². The predicted octanol–water partition coefficient (Wildman–Crippen LogP) is 3.20. The maximum Gasteiger partial charge on any atom is 0.285 e. The first-order valence-electron chi connectivity index (χ1n) is 5.13. The number of rotatable bonds is 2. The Kier molecular flexibility index (Phi) is 2.64. The Labute approximate surface area is 92.9 Å². The number of hydrogen-bond donors (Lipinski definition) is 1. The lowest BCUT2D eigenvalue weighted by atomic mass is 9.96. The number of nitrogens with two attached hydrogens (primary N) is 1. The van der Waals surface area contributed by atoms with E-state index in [4.69, 9.17) is 5.73 Å². The third kappa shape index (κ3) is 1.67. The molecule has 2 aromatic carbocycles. The van der Waals surface area contributed by atoms with Crippen molar-refractivity contribution in [2.75, 3.05) is 6.54 Å². The lowest BCUT2D eigenvalue weighted by molar-refractivity contribution is 0.00753. The van der Waals surface area contributed by atoms with Crippen molar-refractivity contribution in [3.8, 4) is 0 Å². The molecule has 3 heteroatoms. The quantitative estimate of drug-likeness (QED) is 0.828. The second-order valence-corrected chi connectivity index (χ2v) is 3.88. The number of alkyl halides is 2. The fraction of sp³-hybridized carbons (Fsp3) is 0.231. The van der Waals surface area contributed by atoms with E-state index >= 15 is 0 Å². The SMILES string of the molecule is Cc1ccc(C(F)(F)CN)c2ccccc12. The second kappa shape index (κ2) is 3.83. The monoisotopic (exact) mass is 221 g/mol. The summed E-state index contributed by atoms with van der Waals surface area (Å²) in [6.45, 7) is 1.24. The Balaban J connectivity index is 2.77. The minimum atomic E-state index is -2.96. The topological polar surface area (TPSA) is 26.0 Å². The van der Waals surface area contributed by atoms with E-state index in [9.17, 15) is 8.78 Å². The van der Waals surface area contributed by atoms with Crippen molar-refractivity contribution in [1.82, 2.24) is 0 Å². The molecule has 0 amide bonds. The Morgan fingerprint density at radius 2 is 1.69 bits per heavy atom. The molecule has 0 atom stereocenters. The van der Waals surface area contributed by atoms with Gasteiger partial charge in [-0.15, -0.1) is 0 Å². The predicted molar refractivity (Wildman–Crippen MR) is 61.6 cm³/mol. The molecule has 0 saturated heterocycles. The van der Waals surface area contributed by atoms with Crippen LogP contribution in [-0.4, -0.2) is 6.54 Å². The normalized spacial score (nSPS) is 12.0. The van der Waals surface area contributed by atoms with Gasteiger partial charge in [-0.3, -0.25) is 0 Å². The molecule has 0 aromatic heterocycles. The van der Waals surface area contributed by atoms with E-state index in [2.05, 4.69) is 0 Å². The summed E-state index contributed by atoms with van der Waals surface area (Å²) in [4.78, 5) is 0. The van der Waals surface area contributed by atoms with Crippen LogP contribution in [0.3, 0.4) is 0 Å². The second-order valence-electron chi connectivity index (χ2n) is 3.88. The van der Waals surface area contributed by atoms with Crippen molar-refractivity contribution >= 4 is 10.8 Å². The summed E-state index contributed by atoms with van der Waals surface area (Å²) in [5.74, 6) is -2.96. The molecule has 0 unspecified atom stereocenters. The van der Waals surface area contributed by atoms with Gasteiger partial charge in [0, 0.05) is 5.56 Å². The van der Waals surface area contributed by atoms with Crippen LogP contribution in [-0.2, 0) is 5.92 Å². The summed E-state index contributed by atoms with van der Waals surface area (Å²) >= 11 is 0. The molecule has 0 heterocycles. The molecule has 0 aliphatic rings. The van der Waals surface area contributed by atoms with Crippen LogP contribution in [0, 0.1) is 6.92 Å². The zero-order valence-electron chi connectivity index (χ0n) is 9.00. The zero-order chi connectivity index (χ0) is 11.8. The Hall–Kier alpha value is -1.48. The highest BCUT2D eigenvalue weighted by molar-refractivity contribution is 5.89. The van der Waals surface area contributed by atoms with Crippen LogP contribution in [0.1, 0.15) is 11.1 Å². The fourth-order valence-electron chi connectivity index (χ4n) is 1.88. The summed E-state index contributed by atoms with van der Waals surface area (Å²) in [5, 5.41) is 1.44. The first-order chi connectivity index (χ1) is 7.56. The molecule has 0 bridgehead atoms. The maximum atomic E-state index is 13.6. The van der Waals surface area contributed by atoms with E-state index in [1.165, 1.54) is 6.07 Å². The van der Waals surface area contributed by atoms with E-state index in [1.54, 1.807) is 18.2 Å². The maximum absolute atomic E-state index is 13.6. The molecule has 0 saturated carbocycles. The third-order valence-corrected chi connectivity index (χ3v) is 2.79. The van der Waals surface area contributed by atoms with E-state index < -0.39 is 12.5 Å². The van der Waals surface area contributed by atoms with Gasteiger partial charge in [-0.05, 0) is 23.3 Å². The van der Waals surface area contributed by atoms with Gasteiger partial charge < -0.3 is 5.73 Å². The van der Waals surface area contributed by atoms with Crippen molar-refractivity contribution in [2.24, 2.45) is 5.73 Å². The molecule has 1 nitrogen and oxygen atoms in total. The first-order valence-corrected chi connectivity index (χ1v) is 5.13. The number of hydrogen-bond acceptors (Lipinski definition) is 1. The smallest absolute Gasteiger partial charge is 0.285 e. The minimum absolute atomic E-state index is 0.0104. The average molecular weight is 221 g/mol. The Bertz CT molecular complexity index is 520. The highest BCUT2D eigenvalue weighted by atomic mass is 19.3. The van der Waals surface area contributed by atoms with Crippen LogP contribution < -0.4 is 5.73 Å². The molecule has 16 heavy (non-hydrogen) atoms. The molecular formula is C13H13F2N. The summed E-state index contributed by atoms with van der Waals surface area (Å²) in [7, 11) is 0. The van der Waals surface area contributed by atoms with E-state index in [1.807, 2.05) is 19.1 Å². The van der Waals surface area contributed by atoms with Crippen LogP contribution >= 0.6 is 0 Å². The molecule has 2 aromatic rings. The van der Waals surface area contributed by atoms with Gasteiger partial charge in [0.05, 0.1) is 6.54 Å². The van der Waals surface area contributed by atoms with Crippen molar-refractivity contribution in [1.29, 1.82) is 0 Å². The van der Waals surface area contributed by atoms with Crippen molar-refractivity contribution in [3.05, 3.63) is 47.5 Å². The van der Waals surface area contributed by atoms with Gasteiger partial charge in [-0.25, -0.2) is 0 Å². The molecule has 2 rings (SSSR count). The van der Waals surface area contributed by atoms with Crippen LogP contribution in [0.2, 0.25) is 0 Å². The lowest BCUT2D eigenvalue weighted by Crippen LogP contribution is -2.25. The summed E-state index contributed by atoms with van der Waals surface area (Å²) in [5.41, 5.74) is 6.12. The first kappa shape index (κ1) is 11.0. The largest absolute Gasteiger partial charge is 0.325 e. The summed E-state index contributed by atoms with van der Waals surface area (Å²) in [6.07, 6.45) is 0. The zero-order valence-corrected chi connectivity index (χ0v) is 9.00. The van der Waals surface area contributed by atoms with Gasteiger partial charge >= 0.3 is 0 Å². The number of benzene rings is 2. The molecule has 0 aliphatic carbocycles. The molecule has 0 aliphatic heterocycles. The van der Waals surface area contributed by atoms with Gasteiger partial charge in [0.2, 0.25) is 0 Å². The van der Waals surface area contributed by atoms with Crippen LogP contribution in [0.4, 0.5) is 8.78 Å². The van der Waals surface area contributed by atoms with Crippen molar-refractivity contribution in [3.63, 3.8) is 0 Å². The number of aryl methyl sites for hydroxylation is 1. The van der Waals surface area contributed by atoms with Crippen molar-refractivity contribution in [2.45, 2.75) is 12.8 Å². The molecule has 0 radical (unpaired) electrons. The average Bonchev–Trinajstić information content (AvgIpc) is 2.29. The van der Waals surface area contributed by atoms with Gasteiger partial charge in [0.1, 0.15) is 0 Å². The van der Waals surface area contributed by atoms with Crippen LogP contribution in [0.15, 0.2) is 36.4 Å². The van der Waals surface area contributed by atoms with Crippen LogP contribution in [0.25, 0.3) is 10.8 Å². The Morgan fingerprint density at radius 3 is 2.31 bits per heavy atom. The number of fused-ring (bicyclic) bond motifs is 1. The lowest BCUT2D eigenvalue weighted by Gasteiger charge is -2.17. The van der Waals surface area contributed by atoms with E-state index in [0.717, 1.165) is 10.9 Å². The molecule has 0 fully saturated rings. The molecule has 84 valence electrons. The van der Waals surface area contributed by atoms with E-state index in [0.29, 0.717) is 5.39 Å². The molecule has 0 spiro atoms. The third-order valence-electron chi connectivity index (χ3n) is 2.79. The Morgan fingerprint density at radius 1 is 1.06 bits per heavy atom. The van der Waals surface area contributed by atoms with Crippen LogP contribution in [0.5, 0.6) is 0 Å². The molecule has 2 N–H and O–H groups in total. The number of halogens is 2. The van der Waals surface area contributed by atoms with Gasteiger partial charge in [-0.1, -0.05) is 36.4 Å². The van der Waals surface area contributed by atoms with Crippen molar-refractivity contribution < 1.29 is 8.78 Å².